The third-order valence-electron chi connectivity index (χ3n) is 5.18. The molecule has 0 bridgehead atoms. The van der Waals surface area contributed by atoms with Crippen LogP contribution in [0.1, 0.15) is 5.56 Å². The lowest BCUT2D eigenvalue weighted by Gasteiger charge is -2.14. The summed E-state index contributed by atoms with van der Waals surface area (Å²) >= 11 is 3.59. The van der Waals surface area contributed by atoms with E-state index < -0.39 is 0 Å². The number of furan rings is 1. The van der Waals surface area contributed by atoms with E-state index in [0.717, 1.165) is 26.7 Å². The maximum Gasteiger partial charge on any atom is 0.282 e. The molecule has 0 amide bonds. The summed E-state index contributed by atoms with van der Waals surface area (Å²) in [6.07, 6.45) is 1.65. The van der Waals surface area contributed by atoms with Crippen LogP contribution < -0.4 is 10.5 Å². The van der Waals surface area contributed by atoms with Gasteiger partial charge < -0.3 is 9.32 Å². The molecule has 0 N–H and O–H groups in total. The standard InChI is InChI=1S/C25H19BrN4O2/c1-29(2)21-12-11-16(13-19(21)26)15-27-30-24(23-14-17-7-3-6-10-22(17)32-23)28-20-9-5-4-8-18(20)25(30)31/h3-15H,1-2H3. The van der Waals surface area contributed by atoms with E-state index in [4.69, 9.17) is 9.40 Å². The number of benzene rings is 3. The van der Waals surface area contributed by atoms with Gasteiger partial charge in [-0.3, -0.25) is 4.79 Å². The quantitative estimate of drug-likeness (QED) is 0.313. The van der Waals surface area contributed by atoms with E-state index in [1.165, 1.54) is 4.68 Å². The summed E-state index contributed by atoms with van der Waals surface area (Å²) in [5, 5.41) is 5.94. The largest absolute Gasteiger partial charge is 0.453 e. The minimum absolute atomic E-state index is 0.258. The van der Waals surface area contributed by atoms with E-state index in [-0.39, 0.29) is 5.56 Å². The lowest BCUT2D eigenvalue weighted by atomic mass is 10.2. The molecule has 5 aromatic rings. The predicted octanol–water partition coefficient (Wildman–Crippen LogP) is 5.52. The molecule has 2 heterocycles. The molecule has 0 aliphatic rings. The van der Waals surface area contributed by atoms with Crippen LogP contribution in [0.5, 0.6) is 0 Å². The van der Waals surface area contributed by atoms with E-state index in [9.17, 15) is 4.79 Å². The first-order valence-electron chi connectivity index (χ1n) is 10.0. The van der Waals surface area contributed by atoms with Gasteiger partial charge in [-0.2, -0.15) is 9.78 Å². The SMILES string of the molecule is CN(C)c1ccc(C=Nn2c(-c3cc4ccccc4o3)nc3ccccc3c2=O)cc1Br. The van der Waals surface area contributed by atoms with Crippen molar-refractivity contribution in [3.8, 4) is 11.6 Å². The van der Waals surface area contributed by atoms with Gasteiger partial charge in [-0.1, -0.05) is 36.4 Å². The van der Waals surface area contributed by atoms with Gasteiger partial charge >= 0.3 is 0 Å². The molecule has 0 saturated carbocycles. The third kappa shape index (κ3) is 3.61. The number of fused-ring (bicyclic) bond motifs is 2. The van der Waals surface area contributed by atoms with Gasteiger partial charge in [0, 0.05) is 24.0 Å². The summed E-state index contributed by atoms with van der Waals surface area (Å²) in [4.78, 5) is 20.0. The molecule has 0 unspecified atom stereocenters. The van der Waals surface area contributed by atoms with Gasteiger partial charge in [0.15, 0.2) is 5.76 Å². The zero-order valence-corrected chi connectivity index (χ0v) is 19.1. The van der Waals surface area contributed by atoms with E-state index in [0.29, 0.717) is 22.5 Å². The van der Waals surface area contributed by atoms with Crippen molar-refractivity contribution >= 4 is 49.7 Å². The van der Waals surface area contributed by atoms with Crippen molar-refractivity contribution in [1.82, 2.24) is 9.66 Å². The minimum atomic E-state index is -0.258. The van der Waals surface area contributed by atoms with E-state index in [1.807, 2.05) is 85.7 Å². The summed E-state index contributed by atoms with van der Waals surface area (Å²) in [5.74, 6) is 0.834. The van der Waals surface area contributed by atoms with Gasteiger partial charge in [0.05, 0.1) is 22.8 Å². The highest BCUT2D eigenvalue weighted by Gasteiger charge is 2.16. The normalized spacial score (nSPS) is 11.6. The van der Waals surface area contributed by atoms with E-state index >= 15 is 0 Å². The second-order valence-corrected chi connectivity index (χ2v) is 8.42. The Morgan fingerprint density at radius 2 is 1.81 bits per heavy atom. The molecule has 158 valence electrons. The van der Waals surface area contributed by atoms with Crippen LogP contribution in [0.25, 0.3) is 33.5 Å². The molecule has 6 nitrogen and oxygen atoms in total. The highest BCUT2D eigenvalue weighted by Crippen LogP contribution is 2.28. The lowest BCUT2D eigenvalue weighted by molar-refractivity contribution is 0.616. The van der Waals surface area contributed by atoms with E-state index in [2.05, 4.69) is 21.0 Å². The van der Waals surface area contributed by atoms with Crippen molar-refractivity contribution in [2.75, 3.05) is 19.0 Å². The van der Waals surface area contributed by atoms with Crippen LogP contribution in [-0.4, -0.2) is 30.0 Å². The zero-order chi connectivity index (χ0) is 22.2. The number of halogens is 1. The van der Waals surface area contributed by atoms with Crippen LogP contribution in [0.3, 0.4) is 0 Å². The molecule has 0 fully saturated rings. The molecule has 0 atom stereocenters. The van der Waals surface area contributed by atoms with Crippen LogP contribution in [0.15, 0.2) is 91.6 Å². The van der Waals surface area contributed by atoms with Crippen molar-refractivity contribution < 1.29 is 4.42 Å². The molecular weight excluding hydrogens is 468 g/mol. The Kier molecular flexibility index (Phi) is 5.11. The highest BCUT2D eigenvalue weighted by atomic mass is 79.9. The first-order valence-corrected chi connectivity index (χ1v) is 10.8. The number of rotatable bonds is 4. The molecule has 0 radical (unpaired) electrons. The first kappa shape index (κ1) is 20.2. The van der Waals surface area contributed by atoms with Gasteiger partial charge in [0.1, 0.15) is 5.58 Å². The van der Waals surface area contributed by atoms with Crippen LogP contribution in [0, 0.1) is 0 Å². The molecular formula is C25H19BrN4O2. The van der Waals surface area contributed by atoms with Gasteiger partial charge in [0.25, 0.3) is 5.56 Å². The summed E-state index contributed by atoms with van der Waals surface area (Å²) in [7, 11) is 3.96. The fraction of sp³-hybridized carbons (Fsp3) is 0.0800. The van der Waals surface area contributed by atoms with Crippen LogP contribution in [-0.2, 0) is 0 Å². The Balaban J connectivity index is 1.68. The fourth-order valence-corrected chi connectivity index (χ4v) is 4.32. The molecule has 0 spiro atoms. The zero-order valence-electron chi connectivity index (χ0n) is 17.5. The van der Waals surface area contributed by atoms with Gasteiger partial charge in [-0.15, -0.1) is 0 Å². The molecule has 5 rings (SSSR count). The number of hydrogen-bond acceptors (Lipinski definition) is 5. The molecule has 0 saturated heterocycles. The summed E-state index contributed by atoms with van der Waals surface area (Å²) in [6, 6.07) is 22.7. The van der Waals surface area contributed by atoms with Gasteiger partial charge in [-0.25, -0.2) is 4.98 Å². The number of para-hydroxylation sites is 2. The van der Waals surface area contributed by atoms with Crippen LogP contribution in [0.4, 0.5) is 5.69 Å². The number of nitrogens with zero attached hydrogens (tertiary/aromatic N) is 4. The molecule has 32 heavy (non-hydrogen) atoms. The van der Waals surface area contributed by atoms with Crippen molar-refractivity contribution in [1.29, 1.82) is 0 Å². The highest BCUT2D eigenvalue weighted by molar-refractivity contribution is 9.10. The van der Waals surface area contributed by atoms with Crippen molar-refractivity contribution in [2.45, 2.75) is 0 Å². The second-order valence-electron chi connectivity index (χ2n) is 7.57. The van der Waals surface area contributed by atoms with Crippen molar-refractivity contribution in [3.63, 3.8) is 0 Å². The fourth-order valence-electron chi connectivity index (χ4n) is 3.57. The van der Waals surface area contributed by atoms with Crippen LogP contribution in [0.2, 0.25) is 0 Å². The molecule has 7 heteroatoms. The van der Waals surface area contributed by atoms with E-state index in [1.54, 1.807) is 12.3 Å². The first-order chi connectivity index (χ1) is 15.5. The Hall–Kier alpha value is -3.71. The maximum absolute atomic E-state index is 13.3. The number of anilines is 1. The Morgan fingerprint density at radius 3 is 2.59 bits per heavy atom. The second kappa shape index (κ2) is 8.09. The molecule has 3 aromatic carbocycles. The van der Waals surface area contributed by atoms with Crippen LogP contribution >= 0.6 is 15.9 Å². The molecule has 0 aliphatic carbocycles. The van der Waals surface area contributed by atoms with Gasteiger partial charge in [0.2, 0.25) is 5.82 Å². The average Bonchev–Trinajstić information content (AvgIpc) is 3.22. The maximum atomic E-state index is 13.3. The number of hydrogen-bond donors (Lipinski definition) is 0. The van der Waals surface area contributed by atoms with Crippen molar-refractivity contribution in [3.05, 3.63) is 93.2 Å². The lowest BCUT2D eigenvalue weighted by Crippen LogP contribution is -2.20. The third-order valence-corrected chi connectivity index (χ3v) is 5.81. The summed E-state index contributed by atoms with van der Waals surface area (Å²) < 4.78 is 8.24. The predicted molar refractivity (Wildman–Crippen MR) is 133 cm³/mol. The Morgan fingerprint density at radius 1 is 1.03 bits per heavy atom. The number of aromatic nitrogens is 2. The Labute approximate surface area is 192 Å². The monoisotopic (exact) mass is 486 g/mol. The Bertz CT molecular complexity index is 1520. The minimum Gasteiger partial charge on any atom is -0.453 e. The summed E-state index contributed by atoms with van der Waals surface area (Å²) in [5.41, 5.74) is 2.96. The average molecular weight is 487 g/mol. The summed E-state index contributed by atoms with van der Waals surface area (Å²) in [6.45, 7) is 0. The van der Waals surface area contributed by atoms with Gasteiger partial charge in [-0.05, 0) is 57.9 Å². The van der Waals surface area contributed by atoms with Crippen molar-refractivity contribution in [2.24, 2.45) is 5.10 Å². The molecule has 0 aliphatic heterocycles. The molecule has 2 aromatic heterocycles. The smallest absolute Gasteiger partial charge is 0.282 e. The topological polar surface area (TPSA) is 63.6 Å².